The van der Waals surface area contributed by atoms with Gasteiger partial charge in [-0.25, -0.2) is 0 Å². The average molecular weight is 167 g/mol. The Labute approximate surface area is 68.5 Å². The Hall–Kier alpha value is -0.0756. The molecule has 0 saturated carbocycles. The summed E-state index contributed by atoms with van der Waals surface area (Å²) in [6, 6.07) is 0. The van der Waals surface area contributed by atoms with E-state index in [4.69, 9.17) is 9.90 Å². The van der Waals surface area contributed by atoms with Gasteiger partial charge in [0.15, 0.2) is 5.97 Å². The van der Waals surface area contributed by atoms with Crippen molar-refractivity contribution in [3.63, 3.8) is 0 Å². The van der Waals surface area contributed by atoms with Gasteiger partial charge in [-0.05, 0) is 0 Å². The number of rotatable bonds is 0. The van der Waals surface area contributed by atoms with Crippen LogP contribution in [0.2, 0.25) is 0 Å². The van der Waals surface area contributed by atoms with E-state index in [9.17, 15) is 0 Å². The van der Waals surface area contributed by atoms with Crippen LogP contribution in [0.3, 0.4) is 0 Å². The Morgan fingerprint density at radius 3 is 1.56 bits per heavy atom. The molecule has 0 aromatic carbocycles. The molecule has 53 valence electrons. The molecule has 0 amide bonds. The fourth-order valence-electron chi connectivity index (χ4n) is 0. The fraction of sp³-hybridized carbons (Fsp3) is 0.500. The third kappa shape index (κ3) is 48700. The first-order valence-corrected chi connectivity index (χ1v) is 2.34. The molecule has 0 aromatic rings. The van der Waals surface area contributed by atoms with Crippen LogP contribution in [0.5, 0.6) is 0 Å². The van der Waals surface area contributed by atoms with Gasteiger partial charge in [-0.15, -0.1) is 0 Å². The summed E-state index contributed by atoms with van der Waals surface area (Å²) in [6.45, 7) is 10.3. The van der Waals surface area contributed by atoms with Crippen LogP contribution in [0.15, 0.2) is 0 Å². The molecule has 0 rings (SSSR count). The van der Waals surface area contributed by atoms with Crippen LogP contribution >= 0.6 is 0 Å². The minimum atomic E-state index is -1.08. The molecule has 0 aromatic heterocycles. The van der Waals surface area contributed by atoms with Gasteiger partial charge >= 0.3 is 18.6 Å². The van der Waals surface area contributed by atoms with Gasteiger partial charge in [-0.2, -0.15) is 5.92 Å². The Kier molecular flexibility index (Phi) is 19.2. The molecule has 9 heavy (non-hydrogen) atoms. The summed E-state index contributed by atoms with van der Waals surface area (Å²) in [5.41, 5.74) is 0. The second kappa shape index (κ2) is 10.8. The SMILES string of the molecule is [CH2-]C(=O)O.[CH2-]C(C)C.[V+2]. The molecule has 3 heteroatoms. The average Bonchev–Trinajstić information content (AvgIpc) is 1.25. The quantitative estimate of drug-likeness (QED) is 0.553. The van der Waals surface area contributed by atoms with E-state index in [0.29, 0.717) is 5.92 Å². The minimum Gasteiger partial charge on any atom is -0.503 e. The largest absolute Gasteiger partial charge is 2.00 e. The molecular formula is C6H12O2V. The zero-order valence-corrected chi connectivity index (χ0v) is 7.19. The van der Waals surface area contributed by atoms with Crippen LogP contribution in [-0.2, 0) is 23.4 Å². The summed E-state index contributed by atoms with van der Waals surface area (Å²) in [5.74, 6) is -0.500. The summed E-state index contributed by atoms with van der Waals surface area (Å²) in [7, 11) is 0. The molecule has 2 nitrogen and oxygen atoms in total. The molecular weight excluding hydrogens is 155 g/mol. The van der Waals surface area contributed by atoms with Crippen molar-refractivity contribution in [2.24, 2.45) is 5.92 Å². The first-order valence-electron chi connectivity index (χ1n) is 2.34. The molecule has 1 N–H and O–H groups in total. The normalized spacial score (nSPS) is 6.67. The van der Waals surface area contributed by atoms with E-state index in [2.05, 4.69) is 27.7 Å². The number of carboxylic acids is 1. The molecule has 0 aliphatic heterocycles. The van der Waals surface area contributed by atoms with Gasteiger partial charge in [0.1, 0.15) is 0 Å². The topological polar surface area (TPSA) is 37.3 Å². The number of carbonyl (C=O) groups is 1. The van der Waals surface area contributed by atoms with Gasteiger partial charge in [-0.1, -0.05) is 13.8 Å². The Balaban J connectivity index is -0.0000000720. The number of carboxylic acid groups (broad SMARTS) is 1. The Morgan fingerprint density at radius 2 is 1.56 bits per heavy atom. The predicted molar refractivity (Wildman–Crippen MR) is 33.2 cm³/mol. The van der Waals surface area contributed by atoms with Crippen molar-refractivity contribution in [3.05, 3.63) is 13.8 Å². The molecule has 0 aliphatic rings. The summed E-state index contributed by atoms with van der Waals surface area (Å²) in [4.78, 5) is 8.89. The van der Waals surface area contributed by atoms with E-state index in [1.54, 1.807) is 0 Å². The Bertz CT molecular complexity index is 55.3. The van der Waals surface area contributed by atoms with Gasteiger partial charge in [0.25, 0.3) is 0 Å². The van der Waals surface area contributed by atoms with Crippen molar-refractivity contribution >= 4 is 5.97 Å². The maximum absolute atomic E-state index is 8.89. The maximum Gasteiger partial charge on any atom is 2.00 e. The van der Waals surface area contributed by atoms with E-state index in [-0.39, 0.29) is 18.6 Å². The number of hydrogen-bond acceptors (Lipinski definition) is 1. The van der Waals surface area contributed by atoms with Gasteiger partial charge < -0.3 is 12.0 Å². The second-order valence-electron chi connectivity index (χ2n) is 1.79. The van der Waals surface area contributed by atoms with Gasteiger partial charge in [0.2, 0.25) is 0 Å². The first-order chi connectivity index (χ1) is 3.46. The van der Waals surface area contributed by atoms with Gasteiger partial charge in [-0.3, -0.25) is 11.7 Å². The maximum atomic E-state index is 8.89. The third-order valence-corrected chi connectivity index (χ3v) is 0. The first kappa shape index (κ1) is 16.0. The van der Waals surface area contributed by atoms with Crippen molar-refractivity contribution < 1.29 is 28.5 Å². The number of aliphatic carboxylic acids is 1. The summed E-state index contributed by atoms with van der Waals surface area (Å²) < 4.78 is 0. The third-order valence-electron chi connectivity index (χ3n) is 0. The minimum absolute atomic E-state index is 0. The van der Waals surface area contributed by atoms with Crippen LogP contribution in [-0.4, -0.2) is 11.1 Å². The zero-order chi connectivity index (χ0) is 7.15. The van der Waals surface area contributed by atoms with E-state index in [0.717, 1.165) is 0 Å². The summed E-state index contributed by atoms with van der Waals surface area (Å²) in [5, 5.41) is 7.31. The smallest absolute Gasteiger partial charge is 0.503 e. The van der Waals surface area contributed by atoms with Crippen LogP contribution in [0.1, 0.15) is 13.8 Å². The van der Waals surface area contributed by atoms with Crippen LogP contribution in [0.4, 0.5) is 0 Å². The molecule has 0 spiro atoms. The summed E-state index contributed by atoms with van der Waals surface area (Å²) >= 11 is 0. The molecule has 0 aliphatic carbocycles. The molecule has 0 fully saturated rings. The van der Waals surface area contributed by atoms with Gasteiger partial charge in [0.05, 0.1) is 0 Å². The standard InChI is InChI=1S/C4H9.C2H3O2.V/c1-4(2)3;1-2(3)4;/h4H,1H2,2-3H3;1H2,(H,3,4);/q2*-1;+2. The molecule has 0 heterocycles. The second-order valence-corrected chi connectivity index (χ2v) is 1.79. The van der Waals surface area contributed by atoms with Crippen LogP contribution in [0, 0.1) is 19.8 Å². The molecule has 0 saturated heterocycles. The summed E-state index contributed by atoms with van der Waals surface area (Å²) in [6.07, 6.45) is 0. The van der Waals surface area contributed by atoms with E-state index < -0.39 is 5.97 Å². The van der Waals surface area contributed by atoms with Crippen molar-refractivity contribution in [3.8, 4) is 0 Å². The monoisotopic (exact) mass is 167 g/mol. The van der Waals surface area contributed by atoms with Gasteiger partial charge in [0, 0.05) is 0 Å². The van der Waals surface area contributed by atoms with Crippen molar-refractivity contribution in [1.82, 2.24) is 0 Å². The predicted octanol–water partition coefficient (Wildman–Crippen LogP) is 1.38. The van der Waals surface area contributed by atoms with E-state index in [1.165, 1.54) is 0 Å². The van der Waals surface area contributed by atoms with E-state index >= 15 is 0 Å². The van der Waals surface area contributed by atoms with Crippen LogP contribution in [0.25, 0.3) is 0 Å². The molecule has 0 atom stereocenters. The molecule has 0 unspecified atom stereocenters. The van der Waals surface area contributed by atoms with Crippen molar-refractivity contribution in [2.45, 2.75) is 13.8 Å². The zero-order valence-electron chi connectivity index (χ0n) is 5.79. The van der Waals surface area contributed by atoms with Crippen molar-refractivity contribution in [1.29, 1.82) is 0 Å². The van der Waals surface area contributed by atoms with Crippen molar-refractivity contribution in [2.75, 3.05) is 0 Å². The van der Waals surface area contributed by atoms with E-state index in [1.807, 2.05) is 0 Å². The molecule has 0 bridgehead atoms. The van der Waals surface area contributed by atoms with Crippen LogP contribution < -0.4 is 0 Å². The molecule has 1 radical (unpaired) electrons. The fourth-order valence-corrected chi connectivity index (χ4v) is 0. The number of hydrogen-bond donors (Lipinski definition) is 1. The Morgan fingerprint density at radius 1 is 1.56 bits per heavy atom.